The van der Waals surface area contributed by atoms with Crippen LogP contribution >= 0.6 is 23.1 Å². The number of benzene rings is 1. The van der Waals surface area contributed by atoms with Crippen LogP contribution < -0.4 is 4.90 Å². The van der Waals surface area contributed by atoms with Gasteiger partial charge in [0.2, 0.25) is 5.13 Å². The van der Waals surface area contributed by atoms with E-state index in [1.807, 2.05) is 6.92 Å². The fraction of sp³-hybridized carbons (Fsp3) is 0.167. The van der Waals surface area contributed by atoms with Gasteiger partial charge in [0, 0.05) is 12.1 Å². The van der Waals surface area contributed by atoms with Gasteiger partial charge in [0.05, 0.1) is 16.1 Å². The van der Waals surface area contributed by atoms with Crippen LogP contribution in [0.5, 0.6) is 0 Å². The molecule has 0 saturated heterocycles. The first kappa shape index (κ1) is 14.6. The lowest BCUT2D eigenvalue weighted by Crippen LogP contribution is -2.29. The van der Waals surface area contributed by atoms with E-state index in [1.165, 1.54) is 23.9 Å². The van der Waals surface area contributed by atoms with Gasteiger partial charge in [0.15, 0.2) is 4.34 Å². The number of nitro groups is 1. The lowest BCUT2D eigenvalue weighted by atomic mass is 10.1. The van der Waals surface area contributed by atoms with Crippen molar-refractivity contribution in [2.75, 3.05) is 10.7 Å². The molecule has 8 nitrogen and oxygen atoms in total. The summed E-state index contributed by atoms with van der Waals surface area (Å²) in [5.41, 5.74) is -0.0872. The molecule has 1 aliphatic heterocycles. The fourth-order valence-corrected chi connectivity index (χ4v) is 3.73. The highest BCUT2D eigenvalue weighted by Gasteiger charge is 2.39. The van der Waals surface area contributed by atoms with Gasteiger partial charge in [-0.25, -0.2) is 4.90 Å². The number of hydrogen-bond donors (Lipinski definition) is 0. The number of carbonyl (C=O) groups excluding carboxylic acids is 2. The first-order valence-electron chi connectivity index (χ1n) is 6.16. The van der Waals surface area contributed by atoms with Crippen LogP contribution in [0, 0.1) is 10.1 Å². The van der Waals surface area contributed by atoms with E-state index in [2.05, 4.69) is 10.2 Å². The van der Waals surface area contributed by atoms with Crippen molar-refractivity contribution in [2.45, 2.75) is 11.3 Å². The third-order valence-corrected chi connectivity index (χ3v) is 4.86. The van der Waals surface area contributed by atoms with Gasteiger partial charge < -0.3 is 0 Å². The number of nitro benzene ring substituents is 1. The average Bonchev–Trinajstić information content (AvgIpc) is 3.03. The second kappa shape index (κ2) is 5.46. The van der Waals surface area contributed by atoms with Gasteiger partial charge in [0.25, 0.3) is 17.5 Å². The van der Waals surface area contributed by atoms with Crippen molar-refractivity contribution >= 4 is 45.7 Å². The molecule has 1 aromatic carbocycles. The van der Waals surface area contributed by atoms with Gasteiger partial charge in [-0.2, -0.15) is 0 Å². The Kier molecular flexibility index (Phi) is 3.62. The zero-order chi connectivity index (χ0) is 15.9. The number of anilines is 1. The van der Waals surface area contributed by atoms with E-state index in [9.17, 15) is 19.7 Å². The van der Waals surface area contributed by atoms with Crippen molar-refractivity contribution in [3.8, 4) is 0 Å². The minimum atomic E-state index is -0.618. The van der Waals surface area contributed by atoms with E-state index in [0.717, 1.165) is 28.1 Å². The van der Waals surface area contributed by atoms with Crippen molar-refractivity contribution in [3.63, 3.8) is 0 Å². The molecule has 2 amide bonds. The quantitative estimate of drug-likeness (QED) is 0.277. The third kappa shape index (κ3) is 2.25. The van der Waals surface area contributed by atoms with Crippen molar-refractivity contribution in [2.24, 2.45) is 0 Å². The summed E-state index contributed by atoms with van der Waals surface area (Å²) in [5, 5.41) is 18.7. The summed E-state index contributed by atoms with van der Waals surface area (Å²) >= 11 is 2.59. The number of thioether (sulfide) groups is 1. The van der Waals surface area contributed by atoms with Crippen LogP contribution in [0.1, 0.15) is 27.6 Å². The third-order valence-electron chi connectivity index (χ3n) is 2.94. The molecule has 0 radical (unpaired) electrons. The normalized spacial score (nSPS) is 13.6. The number of rotatable bonds is 4. The Bertz CT molecular complexity index is 804. The molecule has 0 aliphatic carbocycles. The van der Waals surface area contributed by atoms with Crippen molar-refractivity contribution in [1.29, 1.82) is 0 Å². The molecule has 2 heterocycles. The highest BCUT2D eigenvalue weighted by molar-refractivity contribution is 8.01. The maximum atomic E-state index is 12.4. The number of nitrogens with zero attached hydrogens (tertiary/aromatic N) is 4. The highest BCUT2D eigenvalue weighted by Crippen LogP contribution is 2.34. The number of imide groups is 1. The van der Waals surface area contributed by atoms with Gasteiger partial charge in [-0.1, -0.05) is 30.0 Å². The molecule has 0 N–H and O–H groups in total. The molecule has 0 saturated carbocycles. The molecule has 0 bridgehead atoms. The van der Waals surface area contributed by atoms with Crippen LogP contribution in [-0.2, 0) is 0 Å². The minimum absolute atomic E-state index is 0.0131. The van der Waals surface area contributed by atoms with Crippen LogP contribution in [0.2, 0.25) is 0 Å². The molecule has 0 spiro atoms. The fourth-order valence-electron chi connectivity index (χ4n) is 1.99. The molecule has 3 rings (SSSR count). The summed E-state index contributed by atoms with van der Waals surface area (Å²) in [7, 11) is 0. The second-order valence-electron chi connectivity index (χ2n) is 4.22. The molecule has 22 heavy (non-hydrogen) atoms. The van der Waals surface area contributed by atoms with Crippen LogP contribution in [0.3, 0.4) is 0 Å². The average molecular weight is 336 g/mol. The van der Waals surface area contributed by atoms with Crippen molar-refractivity contribution in [1.82, 2.24) is 10.2 Å². The Balaban J connectivity index is 2.00. The summed E-state index contributed by atoms with van der Waals surface area (Å²) in [4.78, 5) is 35.8. The summed E-state index contributed by atoms with van der Waals surface area (Å²) in [6, 6.07) is 3.60. The van der Waals surface area contributed by atoms with Crippen LogP contribution in [0.4, 0.5) is 10.8 Å². The number of non-ortho nitro benzene ring substituents is 1. The summed E-state index contributed by atoms with van der Waals surface area (Å²) < 4.78 is 0.653. The topological polar surface area (TPSA) is 106 Å². The first-order valence-corrected chi connectivity index (χ1v) is 7.96. The van der Waals surface area contributed by atoms with Gasteiger partial charge in [-0.05, 0) is 11.8 Å². The van der Waals surface area contributed by atoms with Crippen LogP contribution in [0.15, 0.2) is 22.5 Å². The molecule has 10 heteroatoms. The zero-order valence-corrected chi connectivity index (χ0v) is 12.8. The van der Waals surface area contributed by atoms with Crippen LogP contribution in [0.25, 0.3) is 0 Å². The first-order chi connectivity index (χ1) is 10.5. The number of aromatic nitrogens is 2. The molecule has 0 atom stereocenters. The van der Waals surface area contributed by atoms with E-state index >= 15 is 0 Å². The maximum Gasteiger partial charge on any atom is 0.270 e. The van der Waals surface area contributed by atoms with Crippen molar-refractivity contribution < 1.29 is 14.5 Å². The lowest BCUT2D eigenvalue weighted by Gasteiger charge is -2.07. The van der Waals surface area contributed by atoms with Gasteiger partial charge in [-0.15, -0.1) is 10.2 Å². The summed E-state index contributed by atoms with van der Waals surface area (Å²) in [5.74, 6) is -0.366. The van der Waals surface area contributed by atoms with E-state index < -0.39 is 16.7 Å². The minimum Gasteiger partial charge on any atom is -0.268 e. The second-order valence-corrected chi connectivity index (χ2v) is 6.68. The Labute approximate surface area is 132 Å². The van der Waals surface area contributed by atoms with Crippen molar-refractivity contribution in [3.05, 3.63) is 39.4 Å². The Morgan fingerprint density at radius 3 is 2.68 bits per heavy atom. The maximum absolute atomic E-state index is 12.4. The largest absolute Gasteiger partial charge is 0.270 e. The molecule has 0 fully saturated rings. The Morgan fingerprint density at radius 1 is 1.27 bits per heavy atom. The predicted molar refractivity (Wildman–Crippen MR) is 80.5 cm³/mol. The number of amides is 2. The molecule has 1 aliphatic rings. The Morgan fingerprint density at radius 2 is 2.00 bits per heavy atom. The summed E-state index contributed by atoms with van der Waals surface area (Å²) in [6.07, 6.45) is 0. The number of fused-ring (bicyclic) bond motifs is 1. The smallest absolute Gasteiger partial charge is 0.268 e. The SMILES string of the molecule is CCSc1nnc(N2C(=O)c3ccc([N+](=O)[O-])cc3C2=O)s1. The molecule has 1 aromatic heterocycles. The van der Waals surface area contributed by atoms with Gasteiger partial charge in [-0.3, -0.25) is 19.7 Å². The summed E-state index contributed by atoms with van der Waals surface area (Å²) in [6.45, 7) is 1.95. The standard InChI is InChI=1S/C12H8N4O4S2/c1-2-21-12-14-13-11(22-12)15-9(17)7-4-3-6(16(19)20)5-8(7)10(15)18/h3-5H,2H2,1H3. The van der Waals surface area contributed by atoms with Gasteiger partial charge >= 0.3 is 0 Å². The van der Waals surface area contributed by atoms with Crippen LogP contribution in [-0.4, -0.2) is 32.7 Å². The zero-order valence-electron chi connectivity index (χ0n) is 11.2. The molecular weight excluding hydrogens is 328 g/mol. The number of hydrogen-bond acceptors (Lipinski definition) is 8. The Hall–Kier alpha value is -2.33. The lowest BCUT2D eigenvalue weighted by molar-refractivity contribution is -0.384. The molecule has 0 unspecified atom stereocenters. The highest BCUT2D eigenvalue weighted by atomic mass is 32.2. The number of carbonyl (C=O) groups is 2. The molecule has 112 valence electrons. The van der Waals surface area contributed by atoms with E-state index in [4.69, 9.17) is 0 Å². The van der Waals surface area contributed by atoms with Gasteiger partial charge in [0.1, 0.15) is 0 Å². The monoisotopic (exact) mass is 336 g/mol. The van der Waals surface area contributed by atoms with E-state index in [0.29, 0.717) is 4.34 Å². The predicted octanol–water partition coefficient (Wildman–Crippen LogP) is 2.36. The van der Waals surface area contributed by atoms with E-state index in [-0.39, 0.29) is 21.9 Å². The molecule has 2 aromatic rings. The molecular formula is C12H8N4O4S2. The van der Waals surface area contributed by atoms with E-state index in [1.54, 1.807) is 0 Å².